The first-order valence-electron chi connectivity index (χ1n) is 11.7. The summed E-state index contributed by atoms with van der Waals surface area (Å²) in [6.07, 6.45) is 6.13. The van der Waals surface area contributed by atoms with Gasteiger partial charge in [-0.3, -0.25) is 0 Å². The van der Waals surface area contributed by atoms with Gasteiger partial charge in [-0.05, 0) is 87.0 Å². The fraction of sp³-hybridized carbons (Fsp3) is 0.875. The minimum atomic E-state index is 0.0924. The van der Waals surface area contributed by atoms with E-state index in [1.165, 1.54) is 0 Å². The molecule has 3 heterocycles. The molecule has 2 saturated heterocycles. The Bertz CT molecular complexity index is 662. The van der Waals surface area contributed by atoms with Gasteiger partial charge in [-0.2, -0.15) is 9.97 Å². The maximum Gasteiger partial charge on any atom is 0.226 e. The van der Waals surface area contributed by atoms with Crippen LogP contribution in [0.3, 0.4) is 0 Å². The van der Waals surface area contributed by atoms with E-state index in [9.17, 15) is 0 Å². The summed E-state index contributed by atoms with van der Waals surface area (Å²) in [5, 5.41) is 11.2. The van der Waals surface area contributed by atoms with Gasteiger partial charge < -0.3 is 16.0 Å². The maximum atomic E-state index is 4.89. The fourth-order valence-corrected chi connectivity index (χ4v) is 6.33. The van der Waals surface area contributed by atoms with Crippen LogP contribution in [0.15, 0.2) is 0 Å². The van der Waals surface area contributed by atoms with Gasteiger partial charge in [-0.25, -0.2) is 4.98 Å². The molecule has 2 fully saturated rings. The molecule has 1 aromatic heterocycles. The molecule has 3 N–H and O–H groups in total. The van der Waals surface area contributed by atoms with Crippen molar-refractivity contribution in [3.8, 4) is 0 Å². The van der Waals surface area contributed by atoms with Crippen LogP contribution < -0.4 is 16.0 Å². The molecular weight excluding hydrogens is 372 g/mol. The Balaban J connectivity index is 1.77. The van der Waals surface area contributed by atoms with Crippen LogP contribution >= 0.6 is 0 Å². The highest BCUT2D eigenvalue weighted by Gasteiger charge is 2.39. The lowest BCUT2D eigenvalue weighted by Crippen LogP contribution is -2.60. The van der Waals surface area contributed by atoms with Crippen molar-refractivity contribution in [3.63, 3.8) is 0 Å². The van der Waals surface area contributed by atoms with E-state index < -0.39 is 0 Å². The van der Waals surface area contributed by atoms with Gasteiger partial charge in [0.25, 0.3) is 0 Å². The molecule has 3 rings (SSSR count). The Labute approximate surface area is 183 Å². The lowest BCUT2D eigenvalue weighted by molar-refractivity contribution is 0.127. The van der Waals surface area contributed by atoms with E-state index in [1.807, 2.05) is 0 Å². The third-order valence-corrected chi connectivity index (χ3v) is 6.31. The van der Waals surface area contributed by atoms with Crippen molar-refractivity contribution in [2.24, 2.45) is 5.92 Å². The van der Waals surface area contributed by atoms with Gasteiger partial charge >= 0.3 is 0 Å². The van der Waals surface area contributed by atoms with E-state index in [-0.39, 0.29) is 22.2 Å². The predicted octanol–water partition coefficient (Wildman–Crippen LogP) is 4.25. The largest absolute Gasteiger partial charge is 0.351 e. The molecule has 0 bridgehead atoms. The first-order chi connectivity index (χ1) is 13.7. The molecule has 0 amide bonds. The number of aryl methyl sites for hydroxylation is 1. The summed E-state index contributed by atoms with van der Waals surface area (Å²) in [6.45, 7) is 20.5. The maximum absolute atomic E-state index is 4.89. The number of nitrogens with zero attached hydrogens (tertiary/aromatic N) is 3. The summed E-state index contributed by atoms with van der Waals surface area (Å²) in [4.78, 5) is 14.4. The Morgan fingerprint density at radius 1 is 0.733 bits per heavy atom. The highest BCUT2D eigenvalue weighted by Crippen LogP contribution is 2.34. The zero-order valence-corrected chi connectivity index (χ0v) is 20.7. The van der Waals surface area contributed by atoms with Crippen LogP contribution in [-0.2, 0) is 12.8 Å². The molecule has 0 spiro atoms. The van der Waals surface area contributed by atoms with Gasteiger partial charge in [0.1, 0.15) is 11.6 Å². The van der Waals surface area contributed by atoms with Crippen LogP contribution in [-0.4, -0.2) is 43.1 Å². The number of hydrogen-bond donors (Lipinski definition) is 3. The number of rotatable bonds is 5. The van der Waals surface area contributed by atoms with E-state index in [0.717, 1.165) is 56.1 Å². The average Bonchev–Trinajstić information content (AvgIpc) is 2.47. The topological polar surface area (TPSA) is 74.8 Å². The summed E-state index contributed by atoms with van der Waals surface area (Å²) in [6, 6.07) is 0.355. The molecule has 30 heavy (non-hydrogen) atoms. The van der Waals surface area contributed by atoms with Crippen LogP contribution in [0.5, 0.6) is 0 Å². The lowest BCUT2D eigenvalue weighted by atomic mass is 9.74. The second kappa shape index (κ2) is 8.01. The summed E-state index contributed by atoms with van der Waals surface area (Å²) in [5.74, 6) is 3.16. The average molecular weight is 417 g/mol. The molecule has 2 aliphatic heterocycles. The minimum Gasteiger partial charge on any atom is -0.351 e. The van der Waals surface area contributed by atoms with E-state index >= 15 is 0 Å². The van der Waals surface area contributed by atoms with Crippen LogP contribution in [0.4, 0.5) is 5.95 Å². The minimum absolute atomic E-state index is 0.0924. The smallest absolute Gasteiger partial charge is 0.226 e. The Hall–Kier alpha value is -1.27. The Morgan fingerprint density at radius 2 is 1.20 bits per heavy atom. The first kappa shape index (κ1) is 23.4. The van der Waals surface area contributed by atoms with Crippen molar-refractivity contribution >= 4 is 5.95 Å². The zero-order valence-electron chi connectivity index (χ0n) is 20.7. The SMILES string of the molecule is CCc1nc(CC2CC(C)(C)NC(C)(C)C2)nc(NC2CC(C)(C)NC(C)(C)C2)n1. The van der Waals surface area contributed by atoms with Crippen LogP contribution in [0.1, 0.15) is 99.6 Å². The molecule has 1 aromatic rings. The highest BCUT2D eigenvalue weighted by molar-refractivity contribution is 5.28. The van der Waals surface area contributed by atoms with Crippen molar-refractivity contribution < 1.29 is 0 Å². The molecule has 0 atom stereocenters. The Morgan fingerprint density at radius 3 is 1.70 bits per heavy atom. The molecule has 6 heteroatoms. The van der Waals surface area contributed by atoms with Gasteiger partial charge in [0.05, 0.1) is 0 Å². The molecule has 0 aliphatic carbocycles. The summed E-state index contributed by atoms with van der Waals surface area (Å²) in [5.41, 5.74) is 0.463. The summed E-state index contributed by atoms with van der Waals surface area (Å²) >= 11 is 0. The van der Waals surface area contributed by atoms with Crippen LogP contribution in [0.2, 0.25) is 0 Å². The normalized spacial score (nSPS) is 25.8. The number of aromatic nitrogens is 3. The second-order valence-corrected chi connectivity index (χ2v) is 12.4. The third-order valence-electron chi connectivity index (χ3n) is 6.31. The summed E-state index contributed by atoms with van der Waals surface area (Å²) in [7, 11) is 0. The molecule has 0 unspecified atom stereocenters. The van der Waals surface area contributed by atoms with Crippen LogP contribution in [0, 0.1) is 5.92 Å². The van der Waals surface area contributed by atoms with E-state index in [0.29, 0.717) is 12.0 Å². The molecule has 0 saturated carbocycles. The summed E-state index contributed by atoms with van der Waals surface area (Å²) < 4.78 is 0. The first-order valence-corrected chi connectivity index (χ1v) is 11.7. The number of anilines is 1. The number of nitrogens with one attached hydrogen (secondary N) is 3. The van der Waals surface area contributed by atoms with E-state index in [1.54, 1.807) is 0 Å². The van der Waals surface area contributed by atoms with Crippen molar-refractivity contribution in [1.82, 2.24) is 25.6 Å². The van der Waals surface area contributed by atoms with Crippen molar-refractivity contribution in [1.29, 1.82) is 0 Å². The van der Waals surface area contributed by atoms with Gasteiger partial charge in [0.2, 0.25) is 5.95 Å². The van der Waals surface area contributed by atoms with Crippen LogP contribution in [0.25, 0.3) is 0 Å². The molecule has 0 radical (unpaired) electrons. The van der Waals surface area contributed by atoms with Gasteiger partial charge in [0, 0.05) is 41.0 Å². The van der Waals surface area contributed by atoms with Gasteiger partial charge in [-0.15, -0.1) is 0 Å². The Kier molecular flexibility index (Phi) is 6.25. The lowest BCUT2D eigenvalue weighted by Gasteiger charge is -2.46. The predicted molar refractivity (Wildman–Crippen MR) is 125 cm³/mol. The highest BCUT2D eigenvalue weighted by atomic mass is 15.2. The van der Waals surface area contributed by atoms with Gasteiger partial charge in [0.15, 0.2) is 0 Å². The zero-order chi connectivity index (χ0) is 22.4. The third kappa shape index (κ3) is 6.36. The quantitative estimate of drug-likeness (QED) is 0.666. The molecular formula is C24H44N6. The fourth-order valence-electron chi connectivity index (χ4n) is 6.33. The molecule has 6 nitrogen and oxygen atoms in total. The number of hydrogen-bond acceptors (Lipinski definition) is 6. The van der Waals surface area contributed by atoms with E-state index in [4.69, 9.17) is 15.0 Å². The van der Waals surface area contributed by atoms with Crippen molar-refractivity contribution in [2.75, 3.05) is 5.32 Å². The van der Waals surface area contributed by atoms with Crippen molar-refractivity contribution in [3.05, 3.63) is 11.6 Å². The van der Waals surface area contributed by atoms with Gasteiger partial charge in [-0.1, -0.05) is 6.92 Å². The standard InChI is InChI=1S/C24H44N6/c1-10-18-26-19(11-16-12-21(2,3)29-22(4,5)13-16)28-20(27-18)25-17-14-23(6,7)30-24(8,9)15-17/h16-17,29-30H,10-15H2,1-9H3,(H,25,26,27,28). The van der Waals surface area contributed by atoms with Crippen molar-refractivity contribution in [2.45, 2.75) is 129 Å². The van der Waals surface area contributed by atoms with E-state index in [2.05, 4.69) is 78.3 Å². The monoisotopic (exact) mass is 416 g/mol. The molecule has 170 valence electrons. The molecule has 2 aliphatic rings. The second-order valence-electron chi connectivity index (χ2n) is 12.4. The molecule has 0 aromatic carbocycles. The number of piperidine rings is 2.